The van der Waals surface area contributed by atoms with E-state index in [2.05, 4.69) is 0 Å². The number of fused-ring (bicyclic) bond motifs is 1. The SMILES string of the molecule is NC(O)Cn1cc(S(N)(=O)=O)c2cc([N+](=O)[O-])ccc21. The van der Waals surface area contributed by atoms with Crippen LogP contribution in [0.15, 0.2) is 29.3 Å². The van der Waals surface area contributed by atoms with Gasteiger partial charge in [0.05, 0.1) is 17.0 Å². The predicted molar refractivity (Wildman–Crippen MR) is 70.2 cm³/mol. The average Bonchev–Trinajstić information content (AvgIpc) is 2.66. The molecule has 2 rings (SSSR count). The number of primary sulfonamides is 1. The van der Waals surface area contributed by atoms with E-state index in [4.69, 9.17) is 10.9 Å². The van der Waals surface area contributed by atoms with Crippen molar-refractivity contribution in [1.82, 2.24) is 4.57 Å². The summed E-state index contributed by atoms with van der Waals surface area (Å²) in [6.07, 6.45) is -0.00564. The van der Waals surface area contributed by atoms with E-state index in [1.165, 1.54) is 22.9 Å². The van der Waals surface area contributed by atoms with Gasteiger partial charge < -0.3 is 15.4 Å². The van der Waals surface area contributed by atoms with Crippen LogP contribution in [-0.2, 0) is 16.6 Å². The molecule has 0 saturated heterocycles. The molecule has 2 aromatic rings. The number of rotatable bonds is 4. The summed E-state index contributed by atoms with van der Waals surface area (Å²) in [6, 6.07) is 3.73. The Morgan fingerprint density at radius 2 is 2.10 bits per heavy atom. The first-order chi connectivity index (χ1) is 9.20. The number of hydrogen-bond donors (Lipinski definition) is 3. The Balaban J connectivity index is 2.77. The molecule has 0 saturated carbocycles. The summed E-state index contributed by atoms with van der Waals surface area (Å²) in [4.78, 5) is 9.86. The topological polar surface area (TPSA) is 154 Å². The van der Waals surface area contributed by atoms with Gasteiger partial charge in [-0.15, -0.1) is 0 Å². The Labute approximate surface area is 113 Å². The van der Waals surface area contributed by atoms with Crippen molar-refractivity contribution in [2.24, 2.45) is 10.9 Å². The van der Waals surface area contributed by atoms with Crippen LogP contribution < -0.4 is 10.9 Å². The standard InChI is InChI=1S/C10H12N4O5S/c11-10(15)5-13-4-9(20(12,18)19)7-3-6(14(16)17)1-2-8(7)13/h1-4,10,15H,5,11H2,(H2,12,18,19). The van der Waals surface area contributed by atoms with E-state index in [1.807, 2.05) is 0 Å². The van der Waals surface area contributed by atoms with Crippen LogP contribution in [0.3, 0.4) is 0 Å². The molecule has 9 nitrogen and oxygen atoms in total. The summed E-state index contributed by atoms with van der Waals surface area (Å²) < 4.78 is 24.4. The molecule has 0 aliphatic carbocycles. The number of nitrogens with two attached hydrogens (primary N) is 2. The number of hydrogen-bond acceptors (Lipinski definition) is 6. The van der Waals surface area contributed by atoms with Crippen LogP contribution in [-0.4, -0.2) is 29.2 Å². The molecule has 20 heavy (non-hydrogen) atoms. The lowest BCUT2D eigenvalue weighted by molar-refractivity contribution is -0.384. The van der Waals surface area contributed by atoms with E-state index in [0.717, 1.165) is 6.07 Å². The second-order valence-electron chi connectivity index (χ2n) is 4.22. The van der Waals surface area contributed by atoms with Crippen molar-refractivity contribution in [3.63, 3.8) is 0 Å². The summed E-state index contributed by atoms with van der Waals surface area (Å²) in [5.41, 5.74) is 5.38. The third-order valence-corrected chi connectivity index (χ3v) is 3.67. The Morgan fingerprint density at radius 3 is 2.60 bits per heavy atom. The third-order valence-electron chi connectivity index (χ3n) is 2.73. The minimum atomic E-state index is -4.05. The Morgan fingerprint density at radius 1 is 1.45 bits per heavy atom. The quantitative estimate of drug-likeness (QED) is 0.392. The van der Waals surface area contributed by atoms with Crippen molar-refractivity contribution in [2.45, 2.75) is 17.7 Å². The van der Waals surface area contributed by atoms with Crippen LogP contribution >= 0.6 is 0 Å². The van der Waals surface area contributed by atoms with Crippen LogP contribution in [0, 0.1) is 10.1 Å². The van der Waals surface area contributed by atoms with E-state index in [-0.39, 0.29) is 22.5 Å². The van der Waals surface area contributed by atoms with Gasteiger partial charge in [-0.3, -0.25) is 10.1 Å². The molecule has 1 heterocycles. The highest BCUT2D eigenvalue weighted by Gasteiger charge is 2.20. The number of non-ortho nitro benzene ring substituents is 1. The number of nitrogens with zero attached hydrogens (tertiary/aromatic N) is 2. The number of nitro benzene ring substituents is 1. The largest absolute Gasteiger partial charge is 0.377 e. The number of aromatic nitrogens is 1. The highest BCUT2D eigenvalue weighted by Crippen LogP contribution is 2.28. The van der Waals surface area contributed by atoms with Crippen molar-refractivity contribution in [3.8, 4) is 0 Å². The molecule has 0 bridgehead atoms. The minimum Gasteiger partial charge on any atom is -0.377 e. The van der Waals surface area contributed by atoms with Crippen molar-refractivity contribution >= 4 is 26.6 Å². The molecule has 1 unspecified atom stereocenters. The summed E-state index contributed by atoms with van der Waals surface area (Å²) in [5, 5.41) is 25.1. The Kier molecular flexibility index (Phi) is 3.48. The fraction of sp³-hybridized carbons (Fsp3) is 0.200. The van der Waals surface area contributed by atoms with Crippen molar-refractivity contribution in [3.05, 3.63) is 34.5 Å². The molecule has 1 atom stereocenters. The second kappa shape index (κ2) is 4.83. The molecule has 108 valence electrons. The molecule has 0 aliphatic rings. The molecule has 0 aliphatic heterocycles. The lowest BCUT2D eigenvalue weighted by Crippen LogP contribution is -2.24. The molecular formula is C10H12N4O5S. The molecule has 0 fully saturated rings. The highest BCUT2D eigenvalue weighted by molar-refractivity contribution is 7.89. The van der Waals surface area contributed by atoms with Crippen molar-refractivity contribution in [1.29, 1.82) is 0 Å². The summed E-state index contributed by atoms with van der Waals surface area (Å²) in [7, 11) is -4.05. The van der Waals surface area contributed by atoms with Crippen molar-refractivity contribution in [2.75, 3.05) is 0 Å². The minimum absolute atomic E-state index is 0.0656. The van der Waals surface area contributed by atoms with Gasteiger partial charge in [-0.1, -0.05) is 0 Å². The highest BCUT2D eigenvalue weighted by atomic mass is 32.2. The van der Waals surface area contributed by atoms with Gasteiger partial charge in [-0.2, -0.15) is 0 Å². The average molecular weight is 300 g/mol. The van der Waals surface area contributed by atoms with E-state index >= 15 is 0 Å². The van der Waals surface area contributed by atoms with Crippen molar-refractivity contribution < 1.29 is 18.4 Å². The summed E-state index contributed by atoms with van der Waals surface area (Å²) >= 11 is 0. The van der Waals surface area contributed by atoms with E-state index < -0.39 is 21.2 Å². The Hall–Kier alpha value is -2.01. The Bertz CT molecular complexity index is 780. The van der Waals surface area contributed by atoms with Gasteiger partial charge >= 0.3 is 0 Å². The number of benzene rings is 1. The maximum Gasteiger partial charge on any atom is 0.270 e. The smallest absolute Gasteiger partial charge is 0.270 e. The molecule has 0 amide bonds. The monoisotopic (exact) mass is 300 g/mol. The van der Waals surface area contributed by atoms with Gasteiger partial charge in [-0.05, 0) is 6.07 Å². The molecule has 1 aromatic carbocycles. The summed E-state index contributed by atoms with van der Waals surface area (Å²) in [6.45, 7) is -0.0656. The first kappa shape index (κ1) is 14.4. The molecule has 10 heteroatoms. The van der Waals surface area contributed by atoms with E-state index in [0.29, 0.717) is 5.52 Å². The van der Waals surface area contributed by atoms with Gasteiger partial charge in [-0.25, -0.2) is 13.6 Å². The number of nitro groups is 1. The first-order valence-corrected chi connectivity index (χ1v) is 6.98. The molecule has 0 radical (unpaired) electrons. The van der Waals surface area contributed by atoms with Gasteiger partial charge in [0.2, 0.25) is 10.0 Å². The third kappa shape index (κ3) is 2.63. The molecule has 0 spiro atoms. The number of sulfonamides is 1. The number of aliphatic hydroxyl groups is 1. The van der Waals surface area contributed by atoms with Crippen LogP contribution in [0.4, 0.5) is 5.69 Å². The normalized spacial score (nSPS) is 13.6. The van der Waals surface area contributed by atoms with Gasteiger partial charge in [0.1, 0.15) is 11.1 Å². The van der Waals surface area contributed by atoms with Crippen LogP contribution in [0.1, 0.15) is 0 Å². The van der Waals surface area contributed by atoms with Crippen LogP contribution in [0.2, 0.25) is 0 Å². The first-order valence-electron chi connectivity index (χ1n) is 5.44. The zero-order valence-corrected chi connectivity index (χ0v) is 10.9. The predicted octanol–water partition coefficient (Wildman–Crippen LogP) is -0.526. The fourth-order valence-electron chi connectivity index (χ4n) is 1.95. The van der Waals surface area contributed by atoms with Gasteiger partial charge in [0, 0.05) is 23.7 Å². The van der Waals surface area contributed by atoms with E-state index in [9.17, 15) is 23.6 Å². The maximum absolute atomic E-state index is 11.5. The fourth-order valence-corrected chi connectivity index (χ4v) is 2.69. The number of aliphatic hydroxyl groups excluding tert-OH is 1. The maximum atomic E-state index is 11.5. The van der Waals surface area contributed by atoms with Gasteiger partial charge in [0.25, 0.3) is 5.69 Å². The zero-order chi connectivity index (χ0) is 15.1. The lowest BCUT2D eigenvalue weighted by Gasteiger charge is -2.07. The molecular weight excluding hydrogens is 288 g/mol. The molecule has 5 N–H and O–H groups in total. The lowest BCUT2D eigenvalue weighted by atomic mass is 10.2. The van der Waals surface area contributed by atoms with E-state index in [1.54, 1.807) is 0 Å². The van der Waals surface area contributed by atoms with Crippen LogP contribution in [0.25, 0.3) is 10.9 Å². The second-order valence-corrected chi connectivity index (χ2v) is 5.75. The zero-order valence-electron chi connectivity index (χ0n) is 10.1. The molecule has 1 aromatic heterocycles. The summed E-state index contributed by atoms with van der Waals surface area (Å²) in [5.74, 6) is 0. The van der Waals surface area contributed by atoms with Gasteiger partial charge in [0.15, 0.2) is 0 Å². The van der Waals surface area contributed by atoms with Crippen LogP contribution in [0.5, 0.6) is 0 Å².